The molecule has 0 spiro atoms. The summed E-state index contributed by atoms with van der Waals surface area (Å²) in [6.45, 7) is 7.32. The van der Waals surface area contributed by atoms with E-state index in [1.54, 1.807) is 11.3 Å². The van der Waals surface area contributed by atoms with E-state index >= 15 is 0 Å². The van der Waals surface area contributed by atoms with Crippen LogP contribution in [0.4, 0.5) is 0 Å². The van der Waals surface area contributed by atoms with Crippen molar-refractivity contribution in [2.45, 2.75) is 19.1 Å². The van der Waals surface area contributed by atoms with Gasteiger partial charge in [-0.05, 0) is 23.4 Å². The molecule has 1 fully saturated rings. The van der Waals surface area contributed by atoms with E-state index in [4.69, 9.17) is 4.74 Å². The normalized spacial score (nSPS) is 17.0. The Morgan fingerprint density at radius 2 is 1.92 bits per heavy atom. The molecule has 4 nitrogen and oxygen atoms in total. The van der Waals surface area contributed by atoms with Crippen molar-refractivity contribution in [1.82, 2.24) is 9.80 Å². The Hall–Kier alpha value is -1.24. The average molecular weight is 361 g/mol. The molecule has 1 aliphatic rings. The van der Waals surface area contributed by atoms with Gasteiger partial charge in [-0.1, -0.05) is 36.4 Å². The SMILES string of the molecule is OC(Cc1ccccc1)CN(CCN1CCOCC1)Cc1cccs1. The van der Waals surface area contributed by atoms with Gasteiger partial charge < -0.3 is 9.84 Å². The van der Waals surface area contributed by atoms with Crippen LogP contribution in [0.15, 0.2) is 47.8 Å². The number of aliphatic hydroxyl groups is 1. The predicted molar refractivity (Wildman–Crippen MR) is 103 cm³/mol. The Morgan fingerprint density at radius 3 is 2.64 bits per heavy atom. The number of nitrogens with zero attached hydrogens (tertiary/aromatic N) is 2. The quantitative estimate of drug-likeness (QED) is 0.745. The first-order valence-electron chi connectivity index (χ1n) is 9.06. The van der Waals surface area contributed by atoms with E-state index in [9.17, 15) is 5.11 Å². The van der Waals surface area contributed by atoms with Crippen LogP contribution in [0.3, 0.4) is 0 Å². The van der Waals surface area contributed by atoms with Gasteiger partial charge in [0.05, 0.1) is 19.3 Å². The summed E-state index contributed by atoms with van der Waals surface area (Å²) in [4.78, 5) is 6.19. The van der Waals surface area contributed by atoms with Crippen LogP contribution >= 0.6 is 11.3 Å². The summed E-state index contributed by atoms with van der Waals surface area (Å²) in [5.74, 6) is 0. The number of aliphatic hydroxyl groups excluding tert-OH is 1. The monoisotopic (exact) mass is 360 g/mol. The van der Waals surface area contributed by atoms with Gasteiger partial charge in [-0.15, -0.1) is 11.3 Å². The van der Waals surface area contributed by atoms with E-state index in [1.807, 2.05) is 18.2 Å². The van der Waals surface area contributed by atoms with Crippen molar-refractivity contribution in [3.8, 4) is 0 Å². The summed E-state index contributed by atoms with van der Waals surface area (Å²) in [5, 5.41) is 12.7. The molecular weight excluding hydrogens is 332 g/mol. The van der Waals surface area contributed by atoms with E-state index in [0.29, 0.717) is 13.0 Å². The molecule has 1 aromatic heterocycles. The van der Waals surface area contributed by atoms with Gasteiger partial charge in [0.1, 0.15) is 0 Å². The smallest absolute Gasteiger partial charge is 0.0707 e. The van der Waals surface area contributed by atoms with Crippen LogP contribution in [0, 0.1) is 0 Å². The minimum Gasteiger partial charge on any atom is -0.391 e. The van der Waals surface area contributed by atoms with E-state index < -0.39 is 0 Å². The maximum absolute atomic E-state index is 10.6. The minimum absolute atomic E-state index is 0.341. The van der Waals surface area contributed by atoms with Gasteiger partial charge in [-0.3, -0.25) is 9.80 Å². The lowest BCUT2D eigenvalue weighted by Gasteiger charge is -2.30. The molecule has 1 unspecified atom stereocenters. The molecule has 25 heavy (non-hydrogen) atoms. The molecule has 3 rings (SSSR count). The topological polar surface area (TPSA) is 35.9 Å². The number of morpholine rings is 1. The van der Waals surface area contributed by atoms with Gasteiger partial charge in [-0.2, -0.15) is 0 Å². The highest BCUT2D eigenvalue weighted by Gasteiger charge is 2.16. The highest BCUT2D eigenvalue weighted by atomic mass is 32.1. The first-order valence-corrected chi connectivity index (χ1v) is 9.94. The number of ether oxygens (including phenoxy) is 1. The molecule has 1 saturated heterocycles. The second-order valence-corrected chi connectivity index (χ2v) is 7.64. The average Bonchev–Trinajstić information content (AvgIpc) is 3.14. The molecule has 2 heterocycles. The maximum atomic E-state index is 10.6. The molecule has 0 saturated carbocycles. The number of rotatable bonds is 9. The fourth-order valence-electron chi connectivity index (χ4n) is 3.21. The third-order valence-electron chi connectivity index (χ3n) is 4.58. The molecule has 1 atom stereocenters. The van der Waals surface area contributed by atoms with Crippen LogP contribution < -0.4 is 0 Å². The third-order valence-corrected chi connectivity index (χ3v) is 5.44. The third kappa shape index (κ3) is 6.53. The van der Waals surface area contributed by atoms with Gasteiger partial charge in [0, 0.05) is 44.1 Å². The summed E-state index contributed by atoms with van der Waals surface area (Å²) in [6, 6.07) is 14.5. The summed E-state index contributed by atoms with van der Waals surface area (Å²) >= 11 is 1.79. The van der Waals surface area contributed by atoms with Crippen LogP contribution in [0.25, 0.3) is 0 Å². The number of hydrogen-bond acceptors (Lipinski definition) is 5. The van der Waals surface area contributed by atoms with Crippen LogP contribution in [0.1, 0.15) is 10.4 Å². The molecule has 0 aliphatic carbocycles. The zero-order valence-electron chi connectivity index (χ0n) is 14.7. The van der Waals surface area contributed by atoms with Gasteiger partial charge >= 0.3 is 0 Å². The van der Waals surface area contributed by atoms with Crippen LogP contribution in [0.2, 0.25) is 0 Å². The first-order chi connectivity index (χ1) is 12.3. The van der Waals surface area contributed by atoms with Crippen molar-refractivity contribution in [2.24, 2.45) is 0 Å². The second kappa shape index (κ2) is 10.0. The van der Waals surface area contributed by atoms with Crippen LogP contribution in [0.5, 0.6) is 0 Å². The molecule has 0 bridgehead atoms. The predicted octanol–water partition coefficient (Wildman–Crippen LogP) is 2.49. The Bertz CT molecular complexity index is 585. The molecule has 1 aliphatic heterocycles. The summed E-state index contributed by atoms with van der Waals surface area (Å²) in [5.41, 5.74) is 1.19. The molecular formula is C20H28N2O2S. The standard InChI is InChI=1S/C20H28N2O2S/c23-19(15-18-5-2-1-3-6-18)16-22(17-20-7-4-14-25-20)9-8-21-10-12-24-13-11-21/h1-7,14,19,23H,8-13,15-17H2. The van der Waals surface area contributed by atoms with Crippen molar-refractivity contribution in [2.75, 3.05) is 45.9 Å². The fourth-order valence-corrected chi connectivity index (χ4v) is 3.96. The Labute approximate surface area is 154 Å². The van der Waals surface area contributed by atoms with Crippen molar-refractivity contribution in [3.63, 3.8) is 0 Å². The fraction of sp³-hybridized carbons (Fsp3) is 0.500. The maximum Gasteiger partial charge on any atom is 0.0707 e. The van der Waals surface area contributed by atoms with Crippen LogP contribution in [-0.4, -0.2) is 66.9 Å². The largest absolute Gasteiger partial charge is 0.391 e. The first kappa shape index (κ1) is 18.5. The van der Waals surface area contributed by atoms with Crippen molar-refractivity contribution < 1.29 is 9.84 Å². The molecule has 5 heteroatoms. The van der Waals surface area contributed by atoms with E-state index in [0.717, 1.165) is 45.9 Å². The minimum atomic E-state index is -0.341. The lowest BCUT2D eigenvalue weighted by Crippen LogP contribution is -2.43. The van der Waals surface area contributed by atoms with Crippen LogP contribution in [-0.2, 0) is 17.7 Å². The molecule has 0 amide bonds. The molecule has 0 radical (unpaired) electrons. The van der Waals surface area contributed by atoms with Gasteiger partial charge in [0.15, 0.2) is 0 Å². The second-order valence-electron chi connectivity index (χ2n) is 6.61. The molecule has 1 aromatic carbocycles. The van der Waals surface area contributed by atoms with E-state index in [1.165, 1.54) is 10.4 Å². The van der Waals surface area contributed by atoms with Gasteiger partial charge in [-0.25, -0.2) is 0 Å². The van der Waals surface area contributed by atoms with E-state index in [2.05, 4.69) is 39.4 Å². The van der Waals surface area contributed by atoms with Gasteiger partial charge in [0.2, 0.25) is 0 Å². The highest BCUT2D eigenvalue weighted by Crippen LogP contribution is 2.13. The lowest BCUT2D eigenvalue weighted by atomic mass is 10.1. The number of benzene rings is 1. The highest BCUT2D eigenvalue weighted by molar-refractivity contribution is 7.09. The van der Waals surface area contributed by atoms with E-state index in [-0.39, 0.29) is 6.10 Å². The summed E-state index contributed by atoms with van der Waals surface area (Å²) in [7, 11) is 0. The Morgan fingerprint density at radius 1 is 1.12 bits per heavy atom. The molecule has 1 N–H and O–H groups in total. The number of thiophene rings is 1. The lowest BCUT2D eigenvalue weighted by molar-refractivity contribution is 0.0293. The van der Waals surface area contributed by atoms with Crippen molar-refractivity contribution >= 4 is 11.3 Å². The summed E-state index contributed by atoms with van der Waals surface area (Å²) in [6.07, 6.45) is 0.367. The Balaban J connectivity index is 1.53. The number of hydrogen-bond donors (Lipinski definition) is 1. The zero-order chi connectivity index (χ0) is 17.3. The van der Waals surface area contributed by atoms with Crippen molar-refractivity contribution in [3.05, 3.63) is 58.3 Å². The van der Waals surface area contributed by atoms with Crippen molar-refractivity contribution in [1.29, 1.82) is 0 Å². The van der Waals surface area contributed by atoms with Gasteiger partial charge in [0.25, 0.3) is 0 Å². The molecule has 136 valence electrons. The molecule has 2 aromatic rings. The summed E-state index contributed by atoms with van der Waals surface area (Å²) < 4.78 is 5.43. The zero-order valence-corrected chi connectivity index (χ0v) is 15.5. The Kier molecular flexibility index (Phi) is 7.45.